The van der Waals surface area contributed by atoms with Crippen molar-refractivity contribution >= 4 is 21.4 Å². The van der Waals surface area contributed by atoms with Crippen molar-refractivity contribution in [3.63, 3.8) is 0 Å². The summed E-state index contributed by atoms with van der Waals surface area (Å²) in [4.78, 5) is 0. The Balaban J connectivity index is 1.78. The van der Waals surface area contributed by atoms with Crippen LogP contribution in [0.5, 0.6) is 5.75 Å². The number of nitrogens with zero attached hydrogens (tertiary/aromatic N) is 2. The van der Waals surface area contributed by atoms with Gasteiger partial charge in [0, 0.05) is 18.2 Å². The fraction of sp³-hybridized carbons (Fsp3) is 0.364. The van der Waals surface area contributed by atoms with E-state index in [9.17, 15) is 0 Å². The first-order valence-electron chi connectivity index (χ1n) is 5.16. The number of ether oxygens (including phenoxy) is 2. The largest absolute Gasteiger partial charge is 0.493 e. The highest BCUT2D eigenvalue weighted by Crippen LogP contribution is 2.22. The second kappa shape index (κ2) is 4.07. The fourth-order valence-electron chi connectivity index (χ4n) is 1.62. The van der Waals surface area contributed by atoms with Crippen molar-refractivity contribution in [1.29, 1.82) is 0 Å². The van der Waals surface area contributed by atoms with Gasteiger partial charge in [0.2, 0.25) is 0 Å². The van der Waals surface area contributed by atoms with E-state index in [0.717, 1.165) is 35.6 Å². The van der Waals surface area contributed by atoms with E-state index in [1.165, 1.54) is 0 Å². The Morgan fingerprint density at radius 1 is 1.56 bits per heavy atom. The van der Waals surface area contributed by atoms with Gasteiger partial charge in [0.1, 0.15) is 5.75 Å². The summed E-state index contributed by atoms with van der Waals surface area (Å²) < 4.78 is 13.6. The van der Waals surface area contributed by atoms with E-state index in [1.807, 2.05) is 22.8 Å². The van der Waals surface area contributed by atoms with Crippen molar-refractivity contribution < 1.29 is 9.47 Å². The third kappa shape index (κ3) is 1.81. The normalized spacial score (nSPS) is 16.3. The molecular weight excluding hydrogens is 272 g/mol. The molecule has 2 aromatic rings. The highest BCUT2D eigenvalue weighted by molar-refractivity contribution is 9.10. The molecule has 1 aliphatic rings. The van der Waals surface area contributed by atoms with E-state index in [0.29, 0.717) is 5.92 Å². The molecule has 0 atom stereocenters. The molecule has 0 unspecified atom stereocenters. The van der Waals surface area contributed by atoms with Crippen LogP contribution in [-0.4, -0.2) is 29.4 Å². The number of rotatable bonds is 3. The molecule has 0 aliphatic carbocycles. The number of hydrogen-bond acceptors (Lipinski definition) is 3. The molecule has 0 saturated carbocycles. The van der Waals surface area contributed by atoms with Crippen molar-refractivity contribution in [3.8, 4) is 5.75 Å². The first-order chi connectivity index (χ1) is 7.83. The van der Waals surface area contributed by atoms with Crippen LogP contribution in [0, 0.1) is 5.92 Å². The lowest BCUT2D eigenvalue weighted by Crippen LogP contribution is -2.32. The molecule has 0 N–H and O–H groups in total. The maximum absolute atomic E-state index is 5.70. The monoisotopic (exact) mass is 282 g/mol. The lowest BCUT2D eigenvalue weighted by molar-refractivity contribution is -0.0508. The first kappa shape index (κ1) is 10.1. The molecule has 0 amide bonds. The van der Waals surface area contributed by atoms with Crippen molar-refractivity contribution in [3.05, 3.63) is 29.0 Å². The van der Waals surface area contributed by atoms with E-state index in [4.69, 9.17) is 9.47 Å². The average Bonchev–Trinajstić information content (AvgIpc) is 2.58. The predicted octanol–water partition coefficient (Wildman–Crippen LogP) is 2.12. The van der Waals surface area contributed by atoms with E-state index in [-0.39, 0.29) is 0 Å². The Hall–Kier alpha value is -1.07. The summed E-state index contributed by atoms with van der Waals surface area (Å²) in [5.41, 5.74) is 1.02. The van der Waals surface area contributed by atoms with Gasteiger partial charge in [-0.3, -0.25) is 0 Å². The van der Waals surface area contributed by atoms with Crippen LogP contribution in [0.2, 0.25) is 0 Å². The number of fused-ring (bicyclic) bond motifs is 1. The van der Waals surface area contributed by atoms with E-state index >= 15 is 0 Å². The zero-order valence-corrected chi connectivity index (χ0v) is 10.2. The Morgan fingerprint density at radius 2 is 2.44 bits per heavy atom. The van der Waals surface area contributed by atoms with Crippen molar-refractivity contribution in [2.75, 3.05) is 19.8 Å². The highest BCUT2D eigenvalue weighted by atomic mass is 79.9. The summed E-state index contributed by atoms with van der Waals surface area (Å²) in [5.74, 6) is 1.42. The van der Waals surface area contributed by atoms with Crippen LogP contribution in [0.15, 0.2) is 29.0 Å². The number of pyridine rings is 1. The molecule has 0 radical (unpaired) electrons. The van der Waals surface area contributed by atoms with Gasteiger partial charge in [-0.05, 0) is 22.0 Å². The molecule has 0 aromatic carbocycles. The maximum atomic E-state index is 5.70. The third-order valence-corrected chi connectivity index (χ3v) is 3.25. The van der Waals surface area contributed by atoms with Crippen LogP contribution in [0.3, 0.4) is 0 Å². The Morgan fingerprint density at radius 3 is 3.19 bits per heavy atom. The van der Waals surface area contributed by atoms with Gasteiger partial charge in [0.05, 0.1) is 36.0 Å². The van der Waals surface area contributed by atoms with Gasteiger partial charge in [0.25, 0.3) is 0 Å². The van der Waals surface area contributed by atoms with Crippen molar-refractivity contribution in [1.82, 2.24) is 9.61 Å². The summed E-state index contributed by atoms with van der Waals surface area (Å²) in [6.45, 7) is 2.36. The van der Waals surface area contributed by atoms with Crippen LogP contribution in [0.4, 0.5) is 0 Å². The highest BCUT2D eigenvalue weighted by Gasteiger charge is 2.18. The number of halogens is 1. The molecule has 2 aromatic heterocycles. The molecule has 84 valence electrons. The Bertz CT molecular complexity index is 508. The van der Waals surface area contributed by atoms with Gasteiger partial charge in [0.15, 0.2) is 0 Å². The van der Waals surface area contributed by atoms with Gasteiger partial charge in [-0.15, -0.1) is 0 Å². The summed E-state index contributed by atoms with van der Waals surface area (Å²) >= 11 is 3.45. The molecule has 0 bridgehead atoms. The molecule has 3 heterocycles. The summed E-state index contributed by atoms with van der Waals surface area (Å²) in [6.07, 6.45) is 3.67. The van der Waals surface area contributed by atoms with Crippen LogP contribution < -0.4 is 4.74 Å². The zero-order chi connectivity index (χ0) is 11.0. The third-order valence-electron chi connectivity index (χ3n) is 2.64. The predicted molar refractivity (Wildman–Crippen MR) is 62.7 cm³/mol. The van der Waals surface area contributed by atoms with Crippen LogP contribution in [0.1, 0.15) is 0 Å². The smallest absolute Gasteiger partial charge is 0.123 e. The second-order valence-corrected chi connectivity index (χ2v) is 4.75. The minimum absolute atomic E-state index is 0.546. The van der Waals surface area contributed by atoms with Crippen LogP contribution >= 0.6 is 15.9 Å². The topological polar surface area (TPSA) is 35.8 Å². The molecule has 1 aliphatic heterocycles. The minimum atomic E-state index is 0.546. The number of hydrogen-bond donors (Lipinski definition) is 0. The molecule has 5 heteroatoms. The molecule has 16 heavy (non-hydrogen) atoms. The summed E-state index contributed by atoms with van der Waals surface area (Å²) in [7, 11) is 0. The average molecular weight is 283 g/mol. The standard InChI is InChI=1S/C11H11BrN2O2/c12-10-4-13-14-2-1-9(3-11(10)14)16-7-8-5-15-6-8/h1-4,8H,5-7H2. The van der Waals surface area contributed by atoms with E-state index < -0.39 is 0 Å². The van der Waals surface area contributed by atoms with Gasteiger partial charge < -0.3 is 9.47 Å². The molecule has 3 rings (SSSR count). The summed E-state index contributed by atoms with van der Waals surface area (Å²) in [5, 5.41) is 4.18. The molecular formula is C11H11BrN2O2. The Kier molecular flexibility index (Phi) is 2.57. The maximum Gasteiger partial charge on any atom is 0.123 e. The number of aromatic nitrogens is 2. The summed E-state index contributed by atoms with van der Waals surface area (Å²) in [6, 6.07) is 3.91. The molecule has 1 saturated heterocycles. The molecule has 4 nitrogen and oxygen atoms in total. The van der Waals surface area contributed by atoms with Gasteiger partial charge >= 0.3 is 0 Å². The minimum Gasteiger partial charge on any atom is -0.493 e. The lowest BCUT2D eigenvalue weighted by atomic mass is 10.1. The Labute approximate surface area is 101 Å². The van der Waals surface area contributed by atoms with E-state index in [2.05, 4.69) is 21.0 Å². The van der Waals surface area contributed by atoms with Gasteiger partial charge in [-0.25, -0.2) is 4.52 Å². The van der Waals surface area contributed by atoms with Crippen molar-refractivity contribution in [2.45, 2.75) is 0 Å². The van der Waals surface area contributed by atoms with Crippen LogP contribution in [0.25, 0.3) is 5.52 Å². The second-order valence-electron chi connectivity index (χ2n) is 3.90. The van der Waals surface area contributed by atoms with Crippen LogP contribution in [-0.2, 0) is 4.74 Å². The van der Waals surface area contributed by atoms with E-state index in [1.54, 1.807) is 6.20 Å². The quantitative estimate of drug-likeness (QED) is 0.865. The lowest BCUT2D eigenvalue weighted by Gasteiger charge is -2.25. The fourth-order valence-corrected chi connectivity index (χ4v) is 2.00. The van der Waals surface area contributed by atoms with Crippen molar-refractivity contribution in [2.24, 2.45) is 5.92 Å². The van der Waals surface area contributed by atoms with Gasteiger partial charge in [-0.2, -0.15) is 5.10 Å². The first-order valence-corrected chi connectivity index (χ1v) is 5.95. The SMILES string of the molecule is Brc1cnn2ccc(OCC3COC3)cc12. The zero-order valence-electron chi connectivity index (χ0n) is 8.60. The molecule has 1 fully saturated rings. The molecule has 0 spiro atoms. The van der Waals surface area contributed by atoms with Gasteiger partial charge in [-0.1, -0.05) is 0 Å².